The van der Waals surface area contributed by atoms with Gasteiger partial charge in [0.25, 0.3) is 0 Å². The molecule has 0 aliphatic heterocycles. The Kier molecular flexibility index (Phi) is 4.37. The molecule has 1 saturated carbocycles. The first-order valence-electron chi connectivity index (χ1n) is 6.69. The molecule has 3 rings (SSSR count). The maximum absolute atomic E-state index is 10.8. The molecule has 8 heteroatoms. The number of halogens is 3. The first-order chi connectivity index (χ1) is 9.90. The molecule has 1 unspecified atom stereocenters. The van der Waals surface area contributed by atoms with Crippen LogP contribution < -0.4 is 0 Å². The molecule has 0 spiro atoms. The van der Waals surface area contributed by atoms with Gasteiger partial charge in [-0.05, 0) is 64.2 Å². The van der Waals surface area contributed by atoms with Gasteiger partial charge < -0.3 is 5.11 Å². The zero-order valence-corrected chi connectivity index (χ0v) is 16.1. The zero-order chi connectivity index (χ0) is 15.3. The highest BCUT2D eigenvalue weighted by atomic mass is 127. The van der Waals surface area contributed by atoms with Gasteiger partial charge >= 0.3 is 0 Å². The topological polar surface area (TPSA) is 55.9 Å². The maximum atomic E-state index is 10.8. The fourth-order valence-electron chi connectivity index (χ4n) is 2.40. The van der Waals surface area contributed by atoms with Gasteiger partial charge in [0, 0.05) is 19.2 Å². The molecule has 5 nitrogen and oxygen atoms in total. The molecule has 0 bridgehead atoms. The molecule has 2 aromatic rings. The summed E-state index contributed by atoms with van der Waals surface area (Å²) in [4.78, 5) is 0. The van der Waals surface area contributed by atoms with Crippen LogP contribution >= 0.6 is 50.1 Å². The Morgan fingerprint density at radius 3 is 2.62 bits per heavy atom. The van der Waals surface area contributed by atoms with E-state index in [9.17, 15) is 5.11 Å². The maximum Gasteiger partial charge on any atom is 0.133 e. The highest BCUT2D eigenvalue weighted by molar-refractivity contribution is 14.1. The van der Waals surface area contributed by atoms with E-state index in [-0.39, 0.29) is 0 Å². The summed E-state index contributed by atoms with van der Waals surface area (Å²) in [6.07, 6.45) is 1.69. The minimum atomic E-state index is -0.833. The number of aliphatic hydroxyl groups is 1. The van der Waals surface area contributed by atoms with Gasteiger partial charge in [0.2, 0.25) is 0 Å². The van der Waals surface area contributed by atoms with Gasteiger partial charge in [-0.3, -0.25) is 9.36 Å². The number of hydrogen-bond donors (Lipinski definition) is 1. The lowest BCUT2D eigenvalue weighted by atomic mass is 10.1. The lowest BCUT2D eigenvalue weighted by molar-refractivity contribution is 0.217. The molecule has 21 heavy (non-hydrogen) atoms. The van der Waals surface area contributed by atoms with Crippen molar-refractivity contribution in [3.8, 4) is 0 Å². The second kappa shape index (κ2) is 5.82. The number of aromatic nitrogens is 4. The summed E-state index contributed by atoms with van der Waals surface area (Å²) in [6.45, 7) is 2.80. The molecular formula is C13H15BrClIN4O. The molecule has 0 saturated heterocycles. The predicted octanol–water partition coefficient (Wildman–Crippen LogP) is 3.44. The Bertz CT molecular complexity index is 695. The third kappa shape index (κ3) is 2.89. The number of aliphatic hydroxyl groups excluding tert-OH is 1. The van der Waals surface area contributed by atoms with Crippen LogP contribution in [0.25, 0.3) is 0 Å². The van der Waals surface area contributed by atoms with Gasteiger partial charge in [0.15, 0.2) is 0 Å². The van der Waals surface area contributed by atoms with Crippen molar-refractivity contribution in [2.45, 2.75) is 32.4 Å². The van der Waals surface area contributed by atoms with Gasteiger partial charge in [-0.25, -0.2) is 0 Å². The van der Waals surface area contributed by atoms with Crippen molar-refractivity contribution in [3.63, 3.8) is 0 Å². The van der Waals surface area contributed by atoms with Gasteiger partial charge in [0.05, 0.1) is 11.3 Å². The number of hydrogen-bond acceptors (Lipinski definition) is 3. The fourth-order valence-corrected chi connectivity index (χ4v) is 4.39. The van der Waals surface area contributed by atoms with Gasteiger partial charge in [0.1, 0.15) is 19.6 Å². The molecule has 2 heterocycles. The summed E-state index contributed by atoms with van der Waals surface area (Å²) in [5, 5.41) is 20.0. The first kappa shape index (κ1) is 15.8. The first-order valence-corrected chi connectivity index (χ1v) is 8.93. The molecule has 1 atom stereocenters. The lowest BCUT2D eigenvalue weighted by Gasteiger charge is -2.11. The lowest BCUT2D eigenvalue weighted by Crippen LogP contribution is -2.05. The third-order valence-electron chi connectivity index (χ3n) is 3.75. The number of aryl methyl sites for hydroxylation is 2. The molecule has 0 radical (unpaired) electrons. The Morgan fingerprint density at radius 1 is 1.43 bits per heavy atom. The van der Waals surface area contributed by atoms with E-state index in [0.717, 1.165) is 22.4 Å². The molecule has 1 aliphatic carbocycles. The van der Waals surface area contributed by atoms with E-state index in [4.69, 9.17) is 11.6 Å². The second-order valence-corrected chi connectivity index (χ2v) is 7.57. The van der Waals surface area contributed by atoms with E-state index in [1.165, 1.54) is 12.8 Å². The minimum Gasteiger partial charge on any atom is -0.383 e. The standard InChI is InChI=1S/C13H15BrClIN4O/c1-6-8(11(14)20(17-6)5-7-3-4-7)10(21)9-12(15)19(2)18-13(9)16/h7,10,21H,3-5H2,1-2H3. The van der Waals surface area contributed by atoms with Gasteiger partial charge in [-0.15, -0.1) is 0 Å². The predicted molar refractivity (Wildman–Crippen MR) is 92.4 cm³/mol. The quantitative estimate of drug-likeness (QED) is 0.676. The highest BCUT2D eigenvalue weighted by Crippen LogP contribution is 2.38. The molecule has 1 fully saturated rings. The molecular weight excluding hydrogens is 470 g/mol. The number of nitrogens with zero attached hydrogens (tertiary/aromatic N) is 4. The monoisotopic (exact) mass is 484 g/mol. The van der Waals surface area contributed by atoms with E-state index in [1.807, 2.05) is 11.6 Å². The number of rotatable bonds is 4. The van der Waals surface area contributed by atoms with Crippen LogP contribution in [-0.2, 0) is 13.6 Å². The zero-order valence-electron chi connectivity index (χ0n) is 11.6. The van der Waals surface area contributed by atoms with Crippen molar-refractivity contribution in [1.29, 1.82) is 0 Å². The smallest absolute Gasteiger partial charge is 0.133 e. The van der Waals surface area contributed by atoms with Crippen LogP contribution in [0.3, 0.4) is 0 Å². The van der Waals surface area contributed by atoms with Crippen molar-refractivity contribution in [3.05, 3.63) is 30.3 Å². The Morgan fingerprint density at radius 2 is 2.10 bits per heavy atom. The summed E-state index contributed by atoms with van der Waals surface area (Å²) in [5.74, 6) is 0.715. The van der Waals surface area contributed by atoms with Crippen LogP contribution in [0, 0.1) is 16.5 Å². The van der Waals surface area contributed by atoms with Crippen LogP contribution in [0.1, 0.15) is 35.8 Å². The van der Waals surface area contributed by atoms with Crippen molar-refractivity contribution >= 4 is 50.1 Å². The van der Waals surface area contributed by atoms with Crippen LogP contribution in [0.4, 0.5) is 0 Å². The van der Waals surface area contributed by atoms with Crippen LogP contribution in [-0.4, -0.2) is 24.7 Å². The largest absolute Gasteiger partial charge is 0.383 e. The highest BCUT2D eigenvalue weighted by Gasteiger charge is 2.30. The summed E-state index contributed by atoms with van der Waals surface area (Å²) < 4.78 is 5.03. The Labute approximate surface area is 149 Å². The average Bonchev–Trinajstić information content (AvgIpc) is 3.11. The van der Waals surface area contributed by atoms with E-state index in [2.05, 4.69) is 48.7 Å². The molecule has 2 aromatic heterocycles. The van der Waals surface area contributed by atoms with Crippen molar-refractivity contribution in [1.82, 2.24) is 19.6 Å². The third-order valence-corrected chi connectivity index (χ3v) is 5.83. The van der Waals surface area contributed by atoms with E-state index in [0.29, 0.717) is 20.3 Å². The Balaban J connectivity index is 2.00. The van der Waals surface area contributed by atoms with Gasteiger partial charge in [-0.1, -0.05) is 11.6 Å². The molecule has 1 aliphatic rings. The van der Waals surface area contributed by atoms with E-state index >= 15 is 0 Å². The molecule has 0 amide bonds. The molecule has 114 valence electrons. The van der Waals surface area contributed by atoms with Crippen molar-refractivity contribution in [2.24, 2.45) is 13.0 Å². The van der Waals surface area contributed by atoms with E-state index < -0.39 is 6.10 Å². The van der Waals surface area contributed by atoms with Crippen LogP contribution in [0.5, 0.6) is 0 Å². The Hall–Kier alpha value is -0.120. The average molecular weight is 486 g/mol. The second-order valence-electron chi connectivity index (χ2n) is 5.44. The summed E-state index contributed by atoms with van der Waals surface area (Å²) >= 11 is 11.9. The van der Waals surface area contributed by atoms with E-state index in [1.54, 1.807) is 11.7 Å². The molecule has 0 aromatic carbocycles. The minimum absolute atomic E-state index is 0.452. The fraction of sp³-hybridized carbons (Fsp3) is 0.538. The van der Waals surface area contributed by atoms with Crippen LogP contribution in [0.2, 0.25) is 5.15 Å². The van der Waals surface area contributed by atoms with Crippen molar-refractivity contribution < 1.29 is 5.11 Å². The normalized spacial score (nSPS) is 16.5. The van der Waals surface area contributed by atoms with Crippen molar-refractivity contribution in [2.75, 3.05) is 0 Å². The van der Waals surface area contributed by atoms with Crippen LogP contribution in [0.15, 0.2) is 4.60 Å². The van der Waals surface area contributed by atoms with Gasteiger partial charge in [-0.2, -0.15) is 10.2 Å². The summed E-state index contributed by atoms with van der Waals surface area (Å²) in [7, 11) is 1.76. The SMILES string of the molecule is Cc1nn(CC2CC2)c(Br)c1C(O)c1c(I)nn(C)c1Cl. The summed E-state index contributed by atoms with van der Waals surface area (Å²) in [5.41, 5.74) is 2.21. The summed E-state index contributed by atoms with van der Waals surface area (Å²) in [6, 6.07) is 0. The molecule has 1 N–H and O–H groups in total.